The number of ether oxygens (including phenoxy) is 2. The molecule has 0 unspecified atom stereocenters. The summed E-state index contributed by atoms with van der Waals surface area (Å²) in [5.74, 6) is -0.514. The Morgan fingerprint density at radius 2 is 2.00 bits per heavy atom. The molecule has 80 valence electrons. The molecule has 1 rings (SSSR count). The highest BCUT2D eigenvalue weighted by molar-refractivity contribution is 5.90. The summed E-state index contributed by atoms with van der Waals surface area (Å²) >= 11 is 0. The minimum absolute atomic E-state index is 0.166. The lowest BCUT2D eigenvalue weighted by Gasteiger charge is -2.06. The predicted octanol–water partition coefficient (Wildman–Crippen LogP) is 1.67. The molecule has 0 saturated carbocycles. The van der Waals surface area contributed by atoms with Crippen LogP contribution >= 0.6 is 0 Å². The molecule has 1 aromatic carbocycles. The molecule has 0 atom stereocenters. The summed E-state index contributed by atoms with van der Waals surface area (Å²) in [7, 11) is 1.26. The standard InChI is InChI=1S/C10H10O5/c1-14-9(11)8-5-3-2-4-7(8)6-15-10(12)13/h2-5H,6H2,1H3,(H,12,13). The van der Waals surface area contributed by atoms with E-state index in [0.29, 0.717) is 11.1 Å². The van der Waals surface area contributed by atoms with Crippen molar-refractivity contribution in [1.29, 1.82) is 0 Å². The number of hydrogen-bond donors (Lipinski definition) is 1. The maximum atomic E-state index is 11.3. The number of methoxy groups -OCH3 is 1. The first-order valence-electron chi connectivity index (χ1n) is 4.17. The van der Waals surface area contributed by atoms with Crippen molar-refractivity contribution in [3.8, 4) is 0 Å². The average molecular weight is 210 g/mol. The van der Waals surface area contributed by atoms with E-state index >= 15 is 0 Å². The van der Waals surface area contributed by atoms with Crippen molar-refractivity contribution < 1.29 is 24.2 Å². The molecule has 0 saturated heterocycles. The minimum Gasteiger partial charge on any atom is -0.465 e. The molecule has 0 spiro atoms. The maximum Gasteiger partial charge on any atom is 0.506 e. The average Bonchev–Trinajstić information content (AvgIpc) is 2.25. The zero-order chi connectivity index (χ0) is 11.3. The molecular formula is C10H10O5. The van der Waals surface area contributed by atoms with Crippen LogP contribution in [0.2, 0.25) is 0 Å². The summed E-state index contributed by atoms with van der Waals surface area (Å²) in [5.41, 5.74) is 0.785. The summed E-state index contributed by atoms with van der Waals surface area (Å²) < 4.78 is 8.91. The van der Waals surface area contributed by atoms with E-state index in [1.165, 1.54) is 7.11 Å². The Morgan fingerprint density at radius 1 is 1.33 bits per heavy atom. The van der Waals surface area contributed by atoms with E-state index in [1.807, 2.05) is 0 Å². The third-order valence-electron chi connectivity index (χ3n) is 1.77. The predicted molar refractivity (Wildman–Crippen MR) is 50.6 cm³/mol. The number of carbonyl (C=O) groups is 2. The van der Waals surface area contributed by atoms with Crippen LogP contribution < -0.4 is 0 Å². The van der Waals surface area contributed by atoms with Crippen molar-refractivity contribution in [2.75, 3.05) is 7.11 Å². The molecule has 0 aliphatic rings. The fourth-order valence-electron chi connectivity index (χ4n) is 1.09. The van der Waals surface area contributed by atoms with Crippen LogP contribution in [0.15, 0.2) is 24.3 Å². The molecule has 15 heavy (non-hydrogen) atoms. The lowest BCUT2D eigenvalue weighted by molar-refractivity contribution is 0.0588. The van der Waals surface area contributed by atoms with E-state index in [-0.39, 0.29) is 6.61 Å². The van der Waals surface area contributed by atoms with E-state index in [4.69, 9.17) is 5.11 Å². The topological polar surface area (TPSA) is 72.8 Å². The number of carboxylic acid groups (broad SMARTS) is 1. The Hall–Kier alpha value is -2.04. The molecule has 0 aromatic heterocycles. The second-order valence-electron chi connectivity index (χ2n) is 2.70. The van der Waals surface area contributed by atoms with Gasteiger partial charge in [-0.2, -0.15) is 0 Å². The van der Waals surface area contributed by atoms with Gasteiger partial charge >= 0.3 is 12.1 Å². The van der Waals surface area contributed by atoms with Gasteiger partial charge < -0.3 is 14.6 Å². The van der Waals surface area contributed by atoms with Crippen LogP contribution in [0.3, 0.4) is 0 Å². The van der Waals surface area contributed by atoms with Crippen LogP contribution in [0, 0.1) is 0 Å². The lowest BCUT2D eigenvalue weighted by Crippen LogP contribution is -2.08. The van der Waals surface area contributed by atoms with Crippen LogP contribution in [0.25, 0.3) is 0 Å². The van der Waals surface area contributed by atoms with Crippen LogP contribution in [-0.4, -0.2) is 24.3 Å². The van der Waals surface area contributed by atoms with Crippen molar-refractivity contribution in [3.63, 3.8) is 0 Å². The highest BCUT2D eigenvalue weighted by Gasteiger charge is 2.11. The normalized spacial score (nSPS) is 9.40. The molecule has 0 fully saturated rings. The largest absolute Gasteiger partial charge is 0.506 e. The second-order valence-corrected chi connectivity index (χ2v) is 2.70. The fraction of sp³-hybridized carbons (Fsp3) is 0.200. The monoisotopic (exact) mass is 210 g/mol. The Morgan fingerprint density at radius 3 is 2.60 bits per heavy atom. The first kappa shape index (κ1) is 11.0. The number of hydrogen-bond acceptors (Lipinski definition) is 4. The molecule has 5 nitrogen and oxygen atoms in total. The van der Waals surface area contributed by atoms with E-state index in [9.17, 15) is 9.59 Å². The number of benzene rings is 1. The second kappa shape index (κ2) is 4.99. The molecule has 0 amide bonds. The van der Waals surface area contributed by atoms with Crippen molar-refractivity contribution >= 4 is 12.1 Å². The van der Waals surface area contributed by atoms with Gasteiger partial charge in [0.2, 0.25) is 0 Å². The summed E-state index contributed by atoms with van der Waals surface area (Å²) in [4.78, 5) is 21.4. The van der Waals surface area contributed by atoms with Crippen molar-refractivity contribution in [2.24, 2.45) is 0 Å². The number of carbonyl (C=O) groups excluding carboxylic acids is 1. The molecule has 0 heterocycles. The van der Waals surface area contributed by atoms with Gasteiger partial charge in [-0.1, -0.05) is 18.2 Å². The van der Waals surface area contributed by atoms with E-state index in [2.05, 4.69) is 9.47 Å². The summed E-state index contributed by atoms with van der Waals surface area (Å²) in [5, 5.41) is 8.32. The zero-order valence-corrected chi connectivity index (χ0v) is 8.10. The fourth-order valence-corrected chi connectivity index (χ4v) is 1.09. The van der Waals surface area contributed by atoms with Crippen molar-refractivity contribution in [2.45, 2.75) is 6.61 Å². The van der Waals surface area contributed by atoms with E-state index < -0.39 is 12.1 Å². The molecular weight excluding hydrogens is 200 g/mol. The van der Waals surface area contributed by atoms with E-state index in [1.54, 1.807) is 24.3 Å². The van der Waals surface area contributed by atoms with Crippen molar-refractivity contribution in [3.05, 3.63) is 35.4 Å². The molecule has 0 aliphatic heterocycles. The van der Waals surface area contributed by atoms with Gasteiger partial charge in [-0.3, -0.25) is 0 Å². The van der Waals surface area contributed by atoms with Gasteiger partial charge in [0.1, 0.15) is 6.61 Å². The van der Waals surface area contributed by atoms with Gasteiger partial charge in [-0.05, 0) is 6.07 Å². The van der Waals surface area contributed by atoms with Gasteiger partial charge in [0, 0.05) is 5.56 Å². The quantitative estimate of drug-likeness (QED) is 0.768. The van der Waals surface area contributed by atoms with Gasteiger partial charge in [0.25, 0.3) is 0 Å². The third-order valence-corrected chi connectivity index (χ3v) is 1.77. The number of rotatable bonds is 3. The maximum absolute atomic E-state index is 11.3. The molecule has 0 aliphatic carbocycles. The highest BCUT2D eigenvalue weighted by Crippen LogP contribution is 2.11. The first-order valence-corrected chi connectivity index (χ1v) is 4.17. The van der Waals surface area contributed by atoms with Crippen molar-refractivity contribution in [1.82, 2.24) is 0 Å². The SMILES string of the molecule is COC(=O)c1ccccc1COC(=O)O. The Balaban J connectivity index is 2.86. The van der Waals surface area contributed by atoms with Crippen LogP contribution in [0.5, 0.6) is 0 Å². The Bertz CT molecular complexity index is 372. The van der Waals surface area contributed by atoms with Gasteiger partial charge in [0.05, 0.1) is 12.7 Å². The summed E-state index contributed by atoms with van der Waals surface area (Å²) in [6.45, 7) is -0.166. The lowest BCUT2D eigenvalue weighted by atomic mass is 10.1. The van der Waals surface area contributed by atoms with Crippen LogP contribution in [0.4, 0.5) is 4.79 Å². The summed E-state index contributed by atoms with van der Waals surface area (Å²) in [6, 6.07) is 6.51. The zero-order valence-electron chi connectivity index (χ0n) is 8.10. The number of esters is 1. The van der Waals surface area contributed by atoms with Crippen LogP contribution in [0.1, 0.15) is 15.9 Å². The highest BCUT2D eigenvalue weighted by atomic mass is 16.7. The molecule has 1 N–H and O–H groups in total. The molecule has 1 aromatic rings. The Labute approximate surface area is 86.2 Å². The van der Waals surface area contributed by atoms with Gasteiger partial charge in [-0.15, -0.1) is 0 Å². The van der Waals surface area contributed by atoms with E-state index in [0.717, 1.165) is 0 Å². The molecule has 0 bridgehead atoms. The first-order chi connectivity index (χ1) is 7.15. The molecule has 5 heteroatoms. The third kappa shape index (κ3) is 2.98. The smallest absolute Gasteiger partial charge is 0.465 e. The van der Waals surface area contributed by atoms with Gasteiger partial charge in [-0.25, -0.2) is 9.59 Å². The Kier molecular flexibility index (Phi) is 3.68. The summed E-state index contributed by atoms with van der Waals surface area (Å²) in [6.07, 6.45) is -1.38. The minimum atomic E-state index is -1.38. The van der Waals surface area contributed by atoms with Gasteiger partial charge in [0.15, 0.2) is 0 Å². The van der Waals surface area contributed by atoms with Crippen LogP contribution in [-0.2, 0) is 16.1 Å². The molecule has 0 radical (unpaired) electrons.